The van der Waals surface area contributed by atoms with Crippen molar-refractivity contribution in [3.63, 3.8) is 0 Å². The van der Waals surface area contributed by atoms with Crippen molar-refractivity contribution in [3.8, 4) is 10.7 Å². The fraction of sp³-hybridized carbons (Fsp3) is 0.643. The van der Waals surface area contributed by atoms with E-state index < -0.39 is 0 Å². The summed E-state index contributed by atoms with van der Waals surface area (Å²) >= 11 is 1.67. The van der Waals surface area contributed by atoms with E-state index in [9.17, 15) is 0 Å². The molecule has 4 rings (SSSR count). The second kappa shape index (κ2) is 5.06. The normalized spacial score (nSPS) is 25.3. The lowest BCUT2D eigenvalue weighted by atomic mass is 9.92. The summed E-state index contributed by atoms with van der Waals surface area (Å²) < 4.78 is 0. The molecule has 2 saturated heterocycles. The zero-order valence-corrected chi connectivity index (χ0v) is 13.2. The number of hydrogen-bond donors (Lipinski definition) is 2. The number of nitrogens with one attached hydrogen (secondary N) is 2. The van der Waals surface area contributed by atoms with Crippen molar-refractivity contribution in [2.45, 2.75) is 32.7 Å². The molecule has 0 radical (unpaired) electrons. The van der Waals surface area contributed by atoms with Gasteiger partial charge in [-0.15, -0.1) is 16.4 Å². The monoisotopic (exact) mass is 304 g/mol. The Bertz CT molecular complexity index is 648. The molecule has 0 aliphatic carbocycles. The molecule has 4 heterocycles. The minimum absolute atomic E-state index is 0.548. The van der Waals surface area contributed by atoms with Crippen LogP contribution >= 0.6 is 11.3 Å². The zero-order valence-electron chi connectivity index (χ0n) is 12.4. The number of fused-ring (bicyclic) bond motifs is 1. The highest BCUT2D eigenvalue weighted by molar-refractivity contribution is 7.15. The summed E-state index contributed by atoms with van der Waals surface area (Å²) in [6.07, 6.45) is 2.55. The number of anilines is 1. The van der Waals surface area contributed by atoms with Gasteiger partial charge in [0.1, 0.15) is 0 Å². The number of nitrogens with zero attached hydrogens (tertiary/aromatic N) is 4. The van der Waals surface area contributed by atoms with Gasteiger partial charge in [0.05, 0.1) is 15.6 Å². The molecule has 21 heavy (non-hydrogen) atoms. The van der Waals surface area contributed by atoms with Crippen molar-refractivity contribution < 1.29 is 0 Å². The maximum atomic E-state index is 4.74. The van der Waals surface area contributed by atoms with E-state index in [2.05, 4.69) is 25.4 Å². The Labute approximate surface area is 128 Å². The smallest absolute Gasteiger partial charge is 0.245 e. The summed E-state index contributed by atoms with van der Waals surface area (Å²) in [6.45, 7) is 7.29. The van der Waals surface area contributed by atoms with Crippen LogP contribution in [0.1, 0.15) is 23.5 Å². The van der Waals surface area contributed by atoms with Gasteiger partial charge in [-0.25, -0.2) is 4.98 Å². The predicted molar refractivity (Wildman–Crippen MR) is 83.7 cm³/mol. The molecule has 2 unspecified atom stereocenters. The van der Waals surface area contributed by atoms with Crippen LogP contribution in [0.15, 0.2) is 0 Å². The van der Waals surface area contributed by atoms with Crippen molar-refractivity contribution in [1.29, 1.82) is 0 Å². The molecule has 0 bridgehead atoms. The standard InChI is InChI=1S/C14H20N6S/c1-8-12(21-9(2)16-8)13-17-14(19-18-13)20-5-3-4-10-6-15-7-11(10)20/h10-11,15H,3-7H2,1-2H3,(H,17,18,19). The molecule has 2 aromatic heterocycles. The third-order valence-corrected chi connectivity index (χ3v) is 5.61. The average Bonchev–Trinajstić information content (AvgIpc) is 3.17. The van der Waals surface area contributed by atoms with Gasteiger partial charge in [0, 0.05) is 25.7 Å². The molecule has 2 aromatic rings. The fourth-order valence-corrected chi connectivity index (χ4v) is 4.41. The molecule has 112 valence electrons. The van der Waals surface area contributed by atoms with E-state index in [4.69, 9.17) is 4.98 Å². The number of rotatable bonds is 2. The fourth-order valence-electron chi connectivity index (χ4n) is 3.55. The lowest BCUT2D eigenvalue weighted by Crippen LogP contribution is -2.45. The van der Waals surface area contributed by atoms with E-state index in [-0.39, 0.29) is 0 Å². The molecule has 0 amide bonds. The molecule has 6 nitrogen and oxygen atoms in total. The zero-order chi connectivity index (χ0) is 14.4. The van der Waals surface area contributed by atoms with Gasteiger partial charge in [-0.05, 0) is 32.6 Å². The number of H-pyrrole nitrogens is 1. The minimum Gasteiger partial charge on any atom is -0.335 e. The van der Waals surface area contributed by atoms with Gasteiger partial charge >= 0.3 is 0 Å². The molecule has 0 spiro atoms. The van der Waals surface area contributed by atoms with Crippen LogP contribution in [0.4, 0.5) is 5.95 Å². The SMILES string of the molecule is Cc1nc(C)c(-c2nc(N3CCCC4CNCC43)n[nH]2)s1. The largest absolute Gasteiger partial charge is 0.335 e. The summed E-state index contributed by atoms with van der Waals surface area (Å²) in [5.41, 5.74) is 1.03. The van der Waals surface area contributed by atoms with E-state index in [1.54, 1.807) is 11.3 Å². The van der Waals surface area contributed by atoms with Crippen molar-refractivity contribution >= 4 is 17.3 Å². The quantitative estimate of drug-likeness (QED) is 0.884. The van der Waals surface area contributed by atoms with Crippen LogP contribution in [0.2, 0.25) is 0 Å². The van der Waals surface area contributed by atoms with Gasteiger partial charge in [-0.2, -0.15) is 4.98 Å². The van der Waals surface area contributed by atoms with Crippen molar-refractivity contribution in [2.75, 3.05) is 24.5 Å². The number of piperidine rings is 1. The number of aryl methyl sites for hydroxylation is 2. The second-order valence-electron chi connectivity index (χ2n) is 5.95. The van der Waals surface area contributed by atoms with Crippen LogP contribution in [-0.4, -0.2) is 45.8 Å². The summed E-state index contributed by atoms with van der Waals surface area (Å²) in [5.74, 6) is 2.43. The Kier molecular flexibility index (Phi) is 3.19. The first-order valence-electron chi connectivity index (χ1n) is 7.56. The Hall–Kier alpha value is -1.47. The molecule has 0 saturated carbocycles. The van der Waals surface area contributed by atoms with Gasteiger partial charge in [0.15, 0.2) is 5.82 Å². The van der Waals surface area contributed by atoms with E-state index in [1.165, 1.54) is 12.8 Å². The van der Waals surface area contributed by atoms with Crippen molar-refractivity contribution in [1.82, 2.24) is 25.5 Å². The Morgan fingerprint density at radius 1 is 1.24 bits per heavy atom. The first-order valence-corrected chi connectivity index (χ1v) is 8.38. The second-order valence-corrected chi connectivity index (χ2v) is 7.16. The Balaban J connectivity index is 1.63. The molecular formula is C14H20N6S. The van der Waals surface area contributed by atoms with E-state index >= 15 is 0 Å². The van der Waals surface area contributed by atoms with Gasteiger partial charge < -0.3 is 10.2 Å². The van der Waals surface area contributed by atoms with Crippen LogP contribution in [-0.2, 0) is 0 Å². The maximum Gasteiger partial charge on any atom is 0.245 e. The predicted octanol–water partition coefficient (Wildman–Crippen LogP) is 1.73. The summed E-state index contributed by atoms with van der Waals surface area (Å²) in [6, 6.07) is 0.548. The molecular weight excluding hydrogens is 284 g/mol. The molecule has 2 atom stereocenters. The van der Waals surface area contributed by atoms with Crippen LogP contribution in [0.25, 0.3) is 10.7 Å². The van der Waals surface area contributed by atoms with Crippen LogP contribution < -0.4 is 10.2 Å². The van der Waals surface area contributed by atoms with E-state index in [0.29, 0.717) is 6.04 Å². The number of aromatic nitrogens is 4. The number of thiazole rings is 1. The van der Waals surface area contributed by atoms with Crippen LogP contribution in [0.3, 0.4) is 0 Å². The first-order chi connectivity index (χ1) is 10.2. The number of hydrogen-bond acceptors (Lipinski definition) is 6. The molecule has 7 heteroatoms. The van der Waals surface area contributed by atoms with Gasteiger partial charge in [0.25, 0.3) is 0 Å². The highest BCUT2D eigenvalue weighted by atomic mass is 32.1. The van der Waals surface area contributed by atoms with Crippen LogP contribution in [0.5, 0.6) is 0 Å². The highest BCUT2D eigenvalue weighted by Crippen LogP contribution is 2.31. The van der Waals surface area contributed by atoms with Crippen LogP contribution in [0, 0.1) is 19.8 Å². The van der Waals surface area contributed by atoms with Gasteiger partial charge in [0.2, 0.25) is 5.95 Å². The molecule has 2 N–H and O–H groups in total. The van der Waals surface area contributed by atoms with Crippen molar-refractivity contribution in [3.05, 3.63) is 10.7 Å². The Morgan fingerprint density at radius 2 is 2.14 bits per heavy atom. The topological polar surface area (TPSA) is 69.7 Å². The summed E-state index contributed by atoms with van der Waals surface area (Å²) in [4.78, 5) is 12.7. The average molecular weight is 304 g/mol. The van der Waals surface area contributed by atoms with E-state index in [0.717, 1.165) is 52.9 Å². The lowest BCUT2D eigenvalue weighted by Gasteiger charge is -2.36. The summed E-state index contributed by atoms with van der Waals surface area (Å²) in [7, 11) is 0. The maximum absolute atomic E-state index is 4.74. The highest BCUT2D eigenvalue weighted by Gasteiger charge is 2.36. The van der Waals surface area contributed by atoms with Crippen molar-refractivity contribution in [2.24, 2.45) is 5.92 Å². The first kappa shape index (κ1) is 13.2. The summed E-state index contributed by atoms with van der Waals surface area (Å²) in [5, 5.41) is 12.1. The molecule has 2 aliphatic heterocycles. The lowest BCUT2D eigenvalue weighted by molar-refractivity contribution is 0.381. The molecule has 2 fully saturated rings. The minimum atomic E-state index is 0.548. The Morgan fingerprint density at radius 3 is 2.95 bits per heavy atom. The van der Waals surface area contributed by atoms with E-state index in [1.807, 2.05) is 13.8 Å². The third-order valence-electron chi connectivity index (χ3n) is 4.53. The molecule has 2 aliphatic rings. The van der Waals surface area contributed by atoms with Gasteiger partial charge in [-0.3, -0.25) is 5.10 Å². The molecule has 0 aromatic carbocycles. The van der Waals surface area contributed by atoms with Gasteiger partial charge in [-0.1, -0.05) is 0 Å². The third kappa shape index (κ3) is 2.24. The number of aromatic amines is 1.